The highest BCUT2D eigenvalue weighted by molar-refractivity contribution is 5.96. The molecule has 0 aliphatic carbocycles. The van der Waals surface area contributed by atoms with Crippen LogP contribution in [0.5, 0.6) is 0 Å². The number of ketones is 1. The highest BCUT2D eigenvalue weighted by Gasteiger charge is 2.16. The largest absolute Gasteiger partial charge is 0.328 e. The number of carbonyl (C=O) groups excluding carboxylic acids is 1. The molecule has 1 fully saturated rings. The molecule has 0 atom stereocenters. The summed E-state index contributed by atoms with van der Waals surface area (Å²) < 4.78 is 12.7. The van der Waals surface area contributed by atoms with Crippen LogP contribution in [0.15, 0.2) is 24.3 Å². The molecule has 1 aliphatic heterocycles. The summed E-state index contributed by atoms with van der Waals surface area (Å²) in [6.45, 7) is 2.71. The van der Waals surface area contributed by atoms with Gasteiger partial charge in [-0.25, -0.2) is 4.39 Å². The Bertz CT molecular complexity index is 397. The predicted molar refractivity (Wildman–Crippen MR) is 69.0 cm³/mol. The number of hydrogen-bond donors (Lipinski definition) is 1. The lowest BCUT2D eigenvalue weighted by atomic mass is 10.0. The first-order chi connectivity index (χ1) is 8.65. The Morgan fingerprint density at radius 1 is 1.28 bits per heavy atom. The summed E-state index contributed by atoms with van der Waals surface area (Å²) in [5, 5.41) is 0. The van der Waals surface area contributed by atoms with E-state index in [9.17, 15) is 9.18 Å². The molecule has 0 amide bonds. The third kappa shape index (κ3) is 3.62. The van der Waals surface area contributed by atoms with Crippen molar-refractivity contribution in [3.63, 3.8) is 0 Å². The predicted octanol–water partition coefficient (Wildman–Crippen LogP) is 1.82. The van der Waals surface area contributed by atoms with Crippen molar-refractivity contribution in [2.75, 3.05) is 19.6 Å². The van der Waals surface area contributed by atoms with Gasteiger partial charge in [0.1, 0.15) is 5.82 Å². The molecule has 18 heavy (non-hydrogen) atoms. The zero-order valence-electron chi connectivity index (χ0n) is 10.4. The summed E-state index contributed by atoms with van der Waals surface area (Å²) in [5.41, 5.74) is 6.42. The van der Waals surface area contributed by atoms with Crippen molar-refractivity contribution in [3.05, 3.63) is 35.6 Å². The average molecular weight is 250 g/mol. The average Bonchev–Trinajstić information content (AvgIpc) is 2.38. The maximum atomic E-state index is 12.7. The molecule has 4 heteroatoms. The first kappa shape index (κ1) is 13.2. The fraction of sp³-hybridized carbons (Fsp3) is 0.500. The van der Waals surface area contributed by atoms with E-state index in [1.807, 2.05) is 0 Å². The standard InChI is InChI=1S/C14H19FN2O/c15-12-3-1-11(2-4-12)14(18)7-10-17-8-5-13(16)6-9-17/h1-4,13H,5-10,16H2. The van der Waals surface area contributed by atoms with E-state index in [-0.39, 0.29) is 11.6 Å². The van der Waals surface area contributed by atoms with Crippen molar-refractivity contribution in [2.24, 2.45) is 5.73 Å². The SMILES string of the molecule is NC1CCN(CCC(=O)c2ccc(F)cc2)CC1. The van der Waals surface area contributed by atoms with Gasteiger partial charge in [-0.3, -0.25) is 4.79 Å². The highest BCUT2D eigenvalue weighted by atomic mass is 19.1. The number of Topliss-reactive ketones (excluding diaryl/α,β-unsaturated/α-hetero) is 1. The van der Waals surface area contributed by atoms with Gasteiger partial charge in [-0.05, 0) is 50.2 Å². The minimum Gasteiger partial charge on any atom is -0.328 e. The fourth-order valence-electron chi connectivity index (χ4n) is 2.22. The second kappa shape index (κ2) is 6.07. The van der Waals surface area contributed by atoms with Gasteiger partial charge in [0.25, 0.3) is 0 Å². The van der Waals surface area contributed by atoms with Crippen molar-refractivity contribution in [3.8, 4) is 0 Å². The minimum absolute atomic E-state index is 0.0740. The molecule has 1 aliphatic rings. The Hall–Kier alpha value is -1.26. The normalized spacial score (nSPS) is 17.9. The Balaban J connectivity index is 1.79. The first-order valence-electron chi connectivity index (χ1n) is 6.42. The van der Waals surface area contributed by atoms with Crippen molar-refractivity contribution < 1.29 is 9.18 Å². The zero-order valence-corrected chi connectivity index (χ0v) is 10.4. The number of likely N-dealkylation sites (tertiary alicyclic amines) is 1. The van der Waals surface area contributed by atoms with Crippen molar-refractivity contribution >= 4 is 5.78 Å². The van der Waals surface area contributed by atoms with E-state index in [1.165, 1.54) is 12.1 Å². The van der Waals surface area contributed by atoms with Crippen molar-refractivity contribution in [2.45, 2.75) is 25.3 Å². The smallest absolute Gasteiger partial charge is 0.164 e. The third-order valence-electron chi connectivity index (χ3n) is 3.45. The number of rotatable bonds is 4. The Morgan fingerprint density at radius 3 is 2.50 bits per heavy atom. The third-order valence-corrected chi connectivity index (χ3v) is 3.45. The number of piperidine rings is 1. The van der Waals surface area contributed by atoms with Crippen LogP contribution in [0.4, 0.5) is 4.39 Å². The van der Waals surface area contributed by atoms with E-state index in [0.29, 0.717) is 18.0 Å². The molecule has 0 spiro atoms. The molecular weight excluding hydrogens is 231 g/mol. The summed E-state index contributed by atoms with van der Waals surface area (Å²) >= 11 is 0. The van der Waals surface area contributed by atoms with Gasteiger partial charge in [-0.15, -0.1) is 0 Å². The van der Waals surface area contributed by atoms with Crippen LogP contribution in [-0.4, -0.2) is 36.4 Å². The topological polar surface area (TPSA) is 46.3 Å². The zero-order chi connectivity index (χ0) is 13.0. The molecule has 1 saturated heterocycles. The van der Waals surface area contributed by atoms with Crippen LogP contribution in [-0.2, 0) is 0 Å². The number of hydrogen-bond acceptors (Lipinski definition) is 3. The Morgan fingerprint density at radius 2 is 1.89 bits per heavy atom. The molecular formula is C14H19FN2O. The van der Waals surface area contributed by atoms with Crippen LogP contribution in [0.2, 0.25) is 0 Å². The van der Waals surface area contributed by atoms with Gasteiger partial charge in [0.05, 0.1) is 0 Å². The van der Waals surface area contributed by atoms with Crippen LogP contribution in [0.25, 0.3) is 0 Å². The number of nitrogens with zero attached hydrogens (tertiary/aromatic N) is 1. The van der Waals surface area contributed by atoms with Crippen LogP contribution in [0, 0.1) is 5.82 Å². The van der Waals surface area contributed by atoms with Gasteiger partial charge in [0.15, 0.2) is 5.78 Å². The molecule has 1 aromatic carbocycles. The monoisotopic (exact) mass is 250 g/mol. The molecule has 98 valence electrons. The lowest BCUT2D eigenvalue weighted by molar-refractivity contribution is 0.0957. The van der Waals surface area contributed by atoms with Crippen LogP contribution < -0.4 is 5.73 Å². The molecule has 1 heterocycles. The molecule has 2 rings (SSSR count). The molecule has 0 radical (unpaired) electrons. The van der Waals surface area contributed by atoms with Gasteiger partial charge in [0, 0.05) is 24.6 Å². The fourth-order valence-corrected chi connectivity index (χ4v) is 2.22. The number of benzene rings is 1. The van der Waals surface area contributed by atoms with E-state index in [0.717, 1.165) is 32.5 Å². The lowest BCUT2D eigenvalue weighted by Gasteiger charge is -2.29. The summed E-state index contributed by atoms with van der Waals surface area (Å²) in [7, 11) is 0. The molecule has 1 aromatic rings. The number of carbonyl (C=O) groups is 1. The van der Waals surface area contributed by atoms with Gasteiger partial charge in [0.2, 0.25) is 0 Å². The van der Waals surface area contributed by atoms with Crippen molar-refractivity contribution in [1.29, 1.82) is 0 Å². The molecule has 0 unspecified atom stereocenters. The van der Waals surface area contributed by atoms with E-state index in [1.54, 1.807) is 12.1 Å². The molecule has 0 aromatic heterocycles. The van der Waals surface area contributed by atoms with E-state index in [4.69, 9.17) is 5.73 Å². The quantitative estimate of drug-likeness (QED) is 0.829. The first-order valence-corrected chi connectivity index (χ1v) is 6.42. The second-order valence-corrected chi connectivity index (χ2v) is 4.86. The van der Waals surface area contributed by atoms with E-state index < -0.39 is 0 Å². The van der Waals surface area contributed by atoms with Gasteiger partial charge in [-0.2, -0.15) is 0 Å². The van der Waals surface area contributed by atoms with Gasteiger partial charge < -0.3 is 10.6 Å². The molecule has 2 N–H and O–H groups in total. The summed E-state index contributed by atoms with van der Waals surface area (Å²) in [6.07, 6.45) is 2.50. The maximum Gasteiger partial charge on any atom is 0.164 e. The minimum atomic E-state index is -0.309. The van der Waals surface area contributed by atoms with Crippen LogP contribution in [0.1, 0.15) is 29.6 Å². The van der Waals surface area contributed by atoms with Gasteiger partial charge in [-0.1, -0.05) is 0 Å². The lowest BCUT2D eigenvalue weighted by Crippen LogP contribution is -2.40. The number of nitrogens with two attached hydrogens (primary N) is 1. The van der Waals surface area contributed by atoms with E-state index in [2.05, 4.69) is 4.90 Å². The maximum absolute atomic E-state index is 12.7. The van der Waals surface area contributed by atoms with Crippen LogP contribution in [0.3, 0.4) is 0 Å². The summed E-state index contributed by atoms with van der Waals surface area (Å²) in [6, 6.07) is 6.06. The number of halogens is 1. The summed E-state index contributed by atoms with van der Waals surface area (Å²) in [4.78, 5) is 14.2. The Labute approximate surface area is 107 Å². The molecule has 0 bridgehead atoms. The second-order valence-electron chi connectivity index (χ2n) is 4.86. The summed E-state index contributed by atoms with van der Waals surface area (Å²) in [5.74, 6) is -0.235. The van der Waals surface area contributed by atoms with Crippen molar-refractivity contribution in [1.82, 2.24) is 4.90 Å². The van der Waals surface area contributed by atoms with Gasteiger partial charge >= 0.3 is 0 Å². The molecule has 3 nitrogen and oxygen atoms in total. The Kier molecular flexibility index (Phi) is 4.44. The van der Waals surface area contributed by atoms with E-state index >= 15 is 0 Å². The molecule has 0 saturated carbocycles. The highest BCUT2D eigenvalue weighted by Crippen LogP contribution is 2.10. The van der Waals surface area contributed by atoms with Crippen LogP contribution >= 0.6 is 0 Å².